The van der Waals surface area contributed by atoms with E-state index in [2.05, 4.69) is 15.6 Å². The molecule has 0 bridgehead atoms. The summed E-state index contributed by atoms with van der Waals surface area (Å²) < 4.78 is 5.72. The maximum absolute atomic E-state index is 12.8. The van der Waals surface area contributed by atoms with Crippen LogP contribution in [0.3, 0.4) is 0 Å². The first-order valence-corrected chi connectivity index (χ1v) is 10.7. The number of anilines is 1. The van der Waals surface area contributed by atoms with Gasteiger partial charge in [0.05, 0.1) is 11.9 Å². The zero-order valence-electron chi connectivity index (χ0n) is 17.3. The monoisotopic (exact) mass is 434 g/mol. The van der Waals surface area contributed by atoms with Gasteiger partial charge in [-0.3, -0.25) is 24.5 Å². The van der Waals surface area contributed by atoms with Crippen molar-refractivity contribution in [3.05, 3.63) is 53.2 Å². The molecule has 1 saturated heterocycles. The summed E-state index contributed by atoms with van der Waals surface area (Å²) in [6, 6.07) is 7.63. The Kier molecular flexibility index (Phi) is 5.08. The second-order valence-electron chi connectivity index (χ2n) is 8.28. The zero-order chi connectivity index (χ0) is 22.2. The fraction of sp³-hybridized carbons (Fsp3) is 0.348. The number of rotatable bonds is 5. The van der Waals surface area contributed by atoms with Gasteiger partial charge >= 0.3 is 0 Å². The van der Waals surface area contributed by atoms with Gasteiger partial charge in [0.2, 0.25) is 17.7 Å². The van der Waals surface area contributed by atoms with Crippen molar-refractivity contribution in [1.82, 2.24) is 15.2 Å². The van der Waals surface area contributed by atoms with E-state index in [1.165, 1.54) is 11.3 Å². The van der Waals surface area contributed by atoms with E-state index in [1.54, 1.807) is 36.5 Å². The SMILES string of the molecule is O=C1CCC(N2Cc3cc(C(=O)Nc4ccc(OC5CCC5)nc4)ccc3C2=O)C(=O)N1. The van der Waals surface area contributed by atoms with E-state index in [9.17, 15) is 19.2 Å². The molecule has 1 aliphatic carbocycles. The number of pyridine rings is 1. The Morgan fingerprint density at radius 1 is 1.12 bits per heavy atom. The molecule has 1 aromatic carbocycles. The molecule has 1 unspecified atom stereocenters. The molecule has 4 amide bonds. The molecule has 32 heavy (non-hydrogen) atoms. The summed E-state index contributed by atoms with van der Waals surface area (Å²) >= 11 is 0. The number of amides is 4. The van der Waals surface area contributed by atoms with Gasteiger partial charge in [0.1, 0.15) is 12.1 Å². The van der Waals surface area contributed by atoms with Gasteiger partial charge < -0.3 is 15.0 Å². The molecule has 9 nitrogen and oxygen atoms in total. The van der Waals surface area contributed by atoms with Gasteiger partial charge in [0.25, 0.3) is 11.8 Å². The molecular formula is C23H22N4O5. The molecule has 2 aliphatic heterocycles. The quantitative estimate of drug-likeness (QED) is 0.696. The number of hydrogen-bond acceptors (Lipinski definition) is 6. The Balaban J connectivity index is 1.25. The first kappa shape index (κ1) is 20.2. The van der Waals surface area contributed by atoms with Crippen molar-refractivity contribution in [2.45, 2.75) is 50.8 Å². The first-order chi connectivity index (χ1) is 15.5. The molecule has 0 radical (unpaired) electrons. The average Bonchev–Trinajstić information content (AvgIpc) is 3.07. The third-order valence-corrected chi connectivity index (χ3v) is 6.12. The normalized spacial score (nSPS) is 20.4. The second-order valence-corrected chi connectivity index (χ2v) is 8.28. The van der Waals surface area contributed by atoms with Crippen molar-refractivity contribution in [2.75, 3.05) is 5.32 Å². The zero-order valence-corrected chi connectivity index (χ0v) is 17.3. The molecule has 5 rings (SSSR count). The highest BCUT2D eigenvalue weighted by Gasteiger charge is 2.39. The van der Waals surface area contributed by atoms with E-state index in [1.807, 2.05) is 0 Å². The van der Waals surface area contributed by atoms with Crippen molar-refractivity contribution < 1.29 is 23.9 Å². The number of carbonyl (C=O) groups is 4. The Morgan fingerprint density at radius 2 is 1.97 bits per heavy atom. The van der Waals surface area contributed by atoms with Gasteiger partial charge in [-0.05, 0) is 55.5 Å². The molecule has 3 heterocycles. The number of aromatic nitrogens is 1. The van der Waals surface area contributed by atoms with Crippen LogP contribution in [0.2, 0.25) is 0 Å². The predicted molar refractivity (Wildman–Crippen MR) is 113 cm³/mol. The number of hydrogen-bond donors (Lipinski definition) is 2. The minimum absolute atomic E-state index is 0.197. The fourth-order valence-corrected chi connectivity index (χ4v) is 4.10. The van der Waals surface area contributed by atoms with Crippen LogP contribution in [0.15, 0.2) is 36.5 Å². The fourth-order valence-electron chi connectivity index (χ4n) is 4.10. The molecule has 3 aliphatic rings. The standard InChI is InChI=1S/C23H22N4O5/c28-19-8-7-18(22(30)26-19)27-12-14-10-13(4-6-17(14)23(27)31)21(29)25-15-5-9-20(24-11-15)32-16-2-1-3-16/h4-6,9-11,16,18H,1-3,7-8,12H2,(H,25,29)(H,26,28,30). The summed E-state index contributed by atoms with van der Waals surface area (Å²) in [5, 5.41) is 5.08. The number of benzene rings is 1. The second kappa shape index (κ2) is 8.07. The Hall–Kier alpha value is -3.75. The van der Waals surface area contributed by atoms with Crippen LogP contribution in [0.4, 0.5) is 5.69 Å². The molecule has 1 aromatic heterocycles. The smallest absolute Gasteiger partial charge is 0.255 e. The molecule has 2 fully saturated rings. The van der Waals surface area contributed by atoms with Crippen LogP contribution in [0.25, 0.3) is 0 Å². The third-order valence-electron chi connectivity index (χ3n) is 6.12. The summed E-state index contributed by atoms with van der Waals surface area (Å²) in [7, 11) is 0. The number of ether oxygens (including phenoxy) is 1. The number of piperidine rings is 1. The maximum Gasteiger partial charge on any atom is 0.255 e. The minimum Gasteiger partial charge on any atom is -0.474 e. The number of nitrogens with one attached hydrogen (secondary N) is 2. The number of fused-ring (bicyclic) bond motifs is 1. The molecule has 1 saturated carbocycles. The van der Waals surface area contributed by atoms with Gasteiger partial charge in [-0.25, -0.2) is 4.98 Å². The third kappa shape index (κ3) is 3.81. The molecular weight excluding hydrogens is 412 g/mol. The Labute approximate surface area is 184 Å². The summed E-state index contributed by atoms with van der Waals surface area (Å²) in [4.78, 5) is 54.7. The van der Waals surface area contributed by atoms with E-state index >= 15 is 0 Å². The lowest BCUT2D eigenvalue weighted by atomic mass is 9.96. The number of carbonyl (C=O) groups excluding carboxylic acids is 4. The predicted octanol–water partition coefficient (Wildman–Crippen LogP) is 2.03. The lowest BCUT2D eigenvalue weighted by molar-refractivity contribution is -0.136. The van der Waals surface area contributed by atoms with E-state index in [-0.39, 0.29) is 36.8 Å². The van der Waals surface area contributed by atoms with Crippen LogP contribution in [-0.2, 0) is 16.1 Å². The van der Waals surface area contributed by atoms with Crippen LogP contribution in [0.1, 0.15) is 58.4 Å². The van der Waals surface area contributed by atoms with Crippen molar-refractivity contribution in [3.63, 3.8) is 0 Å². The molecule has 9 heteroatoms. The average molecular weight is 434 g/mol. The van der Waals surface area contributed by atoms with E-state index in [0.29, 0.717) is 34.7 Å². The van der Waals surface area contributed by atoms with E-state index in [0.717, 1.165) is 12.8 Å². The van der Waals surface area contributed by atoms with Crippen molar-refractivity contribution in [3.8, 4) is 5.88 Å². The highest BCUT2D eigenvalue weighted by molar-refractivity contribution is 6.07. The van der Waals surface area contributed by atoms with Crippen LogP contribution in [-0.4, -0.2) is 45.7 Å². The summed E-state index contributed by atoms with van der Waals surface area (Å²) in [5.74, 6) is -0.844. The Bertz CT molecular complexity index is 1110. The molecule has 0 spiro atoms. The number of nitrogens with zero attached hydrogens (tertiary/aromatic N) is 2. The Morgan fingerprint density at radius 3 is 2.66 bits per heavy atom. The summed E-state index contributed by atoms with van der Waals surface area (Å²) in [6.45, 7) is 0.219. The molecule has 1 atom stereocenters. The van der Waals surface area contributed by atoms with Gasteiger partial charge in [0.15, 0.2) is 0 Å². The lowest BCUT2D eigenvalue weighted by Crippen LogP contribution is -2.52. The molecule has 2 aromatic rings. The van der Waals surface area contributed by atoms with Crippen molar-refractivity contribution >= 4 is 29.3 Å². The van der Waals surface area contributed by atoms with Gasteiger partial charge in [0, 0.05) is 30.2 Å². The minimum atomic E-state index is -0.684. The van der Waals surface area contributed by atoms with Crippen LogP contribution >= 0.6 is 0 Å². The molecule has 2 N–H and O–H groups in total. The maximum atomic E-state index is 12.8. The van der Waals surface area contributed by atoms with E-state index < -0.39 is 11.9 Å². The van der Waals surface area contributed by atoms with Crippen molar-refractivity contribution in [1.29, 1.82) is 0 Å². The van der Waals surface area contributed by atoms with Crippen LogP contribution < -0.4 is 15.4 Å². The summed E-state index contributed by atoms with van der Waals surface area (Å²) in [5.41, 5.74) is 2.08. The summed E-state index contributed by atoms with van der Waals surface area (Å²) in [6.07, 6.45) is 5.54. The van der Waals surface area contributed by atoms with Crippen LogP contribution in [0, 0.1) is 0 Å². The highest BCUT2D eigenvalue weighted by Crippen LogP contribution is 2.29. The van der Waals surface area contributed by atoms with Crippen LogP contribution in [0.5, 0.6) is 5.88 Å². The van der Waals surface area contributed by atoms with Gasteiger partial charge in [-0.1, -0.05) is 0 Å². The number of imide groups is 1. The van der Waals surface area contributed by atoms with Gasteiger partial charge in [-0.2, -0.15) is 0 Å². The lowest BCUT2D eigenvalue weighted by Gasteiger charge is -2.29. The molecule has 164 valence electrons. The first-order valence-electron chi connectivity index (χ1n) is 10.7. The topological polar surface area (TPSA) is 118 Å². The van der Waals surface area contributed by atoms with E-state index in [4.69, 9.17) is 4.74 Å². The highest BCUT2D eigenvalue weighted by atomic mass is 16.5. The van der Waals surface area contributed by atoms with Crippen molar-refractivity contribution in [2.24, 2.45) is 0 Å². The largest absolute Gasteiger partial charge is 0.474 e. The van der Waals surface area contributed by atoms with Gasteiger partial charge in [-0.15, -0.1) is 0 Å².